The highest BCUT2D eigenvalue weighted by atomic mass is 16.2. The van der Waals surface area contributed by atoms with E-state index in [1.807, 2.05) is 39.2 Å². The lowest BCUT2D eigenvalue weighted by Crippen LogP contribution is -2.51. The molecule has 1 aromatic rings. The van der Waals surface area contributed by atoms with E-state index in [-0.39, 0.29) is 30.3 Å². The van der Waals surface area contributed by atoms with Crippen LogP contribution in [0.4, 0.5) is 0 Å². The molecule has 2 rings (SSSR count). The Hall–Kier alpha value is -1.99. The van der Waals surface area contributed by atoms with E-state index in [1.54, 1.807) is 4.90 Å². The average molecular weight is 376 g/mol. The molecule has 1 atom stereocenters. The predicted octanol–water partition coefficient (Wildman–Crippen LogP) is 0.646. The van der Waals surface area contributed by atoms with E-state index < -0.39 is 6.04 Å². The third kappa shape index (κ3) is 6.59. The molecule has 1 fully saturated rings. The average Bonchev–Trinajstić information content (AvgIpc) is 2.70. The number of nitrogens with two attached hydrogens (primary N) is 1. The van der Waals surface area contributed by atoms with Crippen LogP contribution in [-0.2, 0) is 16.0 Å². The zero-order valence-corrected chi connectivity index (χ0v) is 16.7. The van der Waals surface area contributed by atoms with Crippen molar-refractivity contribution < 1.29 is 9.59 Å². The van der Waals surface area contributed by atoms with Gasteiger partial charge in [0.25, 0.3) is 0 Å². The van der Waals surface area contributed by atoms with Crippen LogP contribution in [0.3, 0.4) is 0 Å². The van der Waals surface area contributed by atoms with Gasteiger partial charge in [-0.15, -0.1) is 0 Å². The number of hydrogen-bond donors (Lipinski definition) is 2. The minimum absolute atomic E-state index is 0.00957. The van der Waals surface area contributed by atoms with Crippen molar-refractivity contribution >= 4 is 11.8 Å². The van der Waals surface area contributed by atoms with E-state index in [4.69, 9.17) is 5.73 Å². The molecule has 0 spiro atoms. The highest BCUT2D eigenvalue weighted by Gasteiger charge is 2.26. The molecule has 0 unspecified atom stereocenters. The maximum Gasteiger partial charge on any atom is 0.241 e. The molecule has 0 saturated carbocycles. The van der Waals surface area contributed by atoms with E-state index in [9.17, 15) is 9.59 Å². The standard InChI is InChI=1S/C20H33N5O2/c1-15(2)19(21)20(27)23-14-18(26)24(3)17-8-12-25(13-9-17)11-7-16-6-4-5-10-22-16/h4-6,10,15,17,19H,7-9,11-14,21H2,1-3H3,(H,23,27)/t19-/m0/s1. The summed E-state index contributed by atoms with van der Waals surface area (Å²) >= 11 is 0. The van der Waals surface area contributed by atoms with Crippen molar-refractivity contribution in [2.75, 3.05) is 33.2 Å². The molecule has 2 amide bonds. The lowest BCUT2D eigenvalue weighted by atomic mass is 10.0. The Balaban J connectivity index is 1.70. The molecular weight excluding hydrogens is 342 g/mol. The first kappa shape index (κ1) is 21.3. The molecule has 0 aliphatic carbocycles. The summed E-state index contributed by atoms with van der Waals surface area (Å²) in [5.41, 5.74) is 6.92. The molecule has 150 valence electrons. The van der Waals surface area contributed by atoms with Crippen LogP contribution in [0, 0.1) is 5.92 Å². The second-order valence-electron chi connectivity index (χ2n) is 7.64. The maximum atomic E-state index is 12.4. The number of aromatic nitrogens is 1. The third-order valence-electron chi connectivity index (χ3n) is 5.34. The van der Waals surface area contributed by atoms with Crippen molar-refractivity contribution in [2.24, 2.45) is 11.7 Å². The fraction of sp³-hybridized carbons (Fsp3) is 0.650. The van der Waals surface area contributed by atoms with Gasteiger partial charge in [-0.3, -0.25) is 14.6 Å². The van der Waals surface area contributed by atoms with Gasteiger partial charge in [-0.2, -0.15) is 0 Å². The van der Waals surface area contributed by atoms with Gasteiger partial charge in [0.1, 0.15) is 0 Å². The van der Waals surface area contributed by atoms with Gasteiger partial charge < -0.3 is 20.9 Å². The van der Waals surface area contributed by atoms with Crippen molar-refractivity contribution in [2.45, 2.75) is 45.2 Å². The van der Waals surface area contributed by atoms with E-state index >= 15 is 0 Å². The number of likely N-dealkylation sites (N-methyl/N-ethyl adjacent to an activating group) is 1. The summed E-state index contributed by atoms with van der Waals surface area (Å²) in [6.45, 7) is 6.72. The van der Waals surface area contributed by atoms with Gasteiger partial charge in [0, 0.05) is 51.0 Å². The third-order valence-corrected chi connectivity index (χ3v) is 5.34. The lowest BCUT2D eigenvalue weighted by Gasteiger charge is -2.36. The Kier molecular flexibility index (Phi) is 8.19. The van der Waals surface area contributed by atoms with Gasteiger partial charge in [0.15, 0.2) is 0 Å². The highest BCUT2D eigenvalue weighted by Crippen LogP contribution is 2.16. The lowest BCUT2D eigenvalue weighted by molar-refractivity contribution is -0.134. The van der Waals surface area contributed by atoms with Crippen molar-refractivity contribution in [3.63, 3.8) is 0 Å². The molecule has 1 aromatic heterocycles. The molecule has 0 bridgehead atoms. The van der Waals surface area contributed by atoms with Crippen LogP contribution in [0.15, 0.2) is 24.4 Å². The molecule has 7 heteroatoms. The van der Waals surface area contributed by atoms with Gasteiger partial charge in [-0.25, -0.2) is 0 Å². The van der Waals surface area contributed by atoms with Crippen LogP contribution < -0.4 is 11.1 Å². The number of nitrogens with zero attached hydrogens (tertiary/aromatic N) is 3. The number of carbonyl (C=O) groups is 2. The topological polar surface area (TPSA) is 91.6 Å². The second-order valence-corrected chi connectivity index (χ2v) is 7.64. The SMILES string of the molecule is CC(C)[C@H](N)C(=O)NCC(=O)N(C)C1CCN(CCc2ccccn2)CC1. The van der Waals surface area contributed by atoms with Crippen LogP contribution in [0.5, 0.6) is 0 Å². The smallest absolute Gasteiger partial charge is 0.241 e. The van der Waals surface area contributed by atoms with Crippen LogP contribution in [0.25, 0.3) is 0 Å². The maximum absolute atomic E-state index is 12.4. The van der Waals surface area contributed by atoms with E-state index in [1.165, 1.54) is 0 Å². The number of piperidine rings is 1. The molecular formula is C20H33N5O2. The molecule has 0 aromatic carbocycles. The molecule has 1 aliphatic rings. The Bertz CT molecular complexity index is 600. The molecule has 3 N–H and O–H groups in total. The minimum atomic E-state index is -0.578. The Morgan fingerprint density at radius 2 is 2.04 bits per heavy atom. The number of likely N-dealkylation sites (tertiary alicyclic amines) is 1. The first-order valence-corrected chi connectivity index (χ1v) is 9.79. The summed E-state index contributed by atoms with van der Waals surface area (Å²) in [4.78, 5) is 32.8. The van der Waals surface area contributed by atoms with E-state index in [2.05, 4.69) is 21.3 Å². The first-order chi connectivity index (χ1) is 12.9. The number of hydrogen-bond acceptors (Lipinski definition) is 5. The number of carbonyl (C=O) groups excluding carboxylic acids is 2. The molecule has 2 heterocycles. The Morgan fingerprint density at radius 1 is 1.33 bits per heavy atom. The number of pyridine rings is 1. The summed E-state index contributed by atoms with van der Waals surface area (Å²) in [5, 5.41) is 2.66. The molecule has 7 nitrogen and oxygen atoms in total. The summed E-state index contributed by atoms with van der Waals surface area (Å²) in [6, 6.07) is 5.64. The second kappa shape index (κ2) is 10.4. The largest absolute Gasteiger partial charge is 0.346 e. The number of nitrogens with one attached hydrogen (secondary N) is 1. The Labute approximate surface area is 162 Å². The van der Waals surface area contributed by atoms with Crippen molar-refractivity contribution in [1.29, 1.82) is 0 Å². The normalized spacial score (nSPS) is 16.9. The zero-order valence-electron chi connectivity index (χ0n) is 16.7. The Morgan fingerprint density at radius 3 is 2.63 bits per heavy atom. The number of rotatable bonds is 8. The molecule has 27 heavy (non-hydrogen) atoms. The fourth-order valence-corrected chi connectivity index (χ4v) is 3.26. The summed E-state index contributed by atoms with van der Waals surface area (Å²) in [5.74, 6) is -0.282. The number of amides is 2. The summed E-state index contributed by atoms with van der Waals surface area (Å²) < 4.78 is 0. The highest BCUT2D eigenvalue weighted by molar-refractivity contribution is 5.87. The van der Waals surface area contributed by atoms with Crippen LogP contribution in [0.1, 0.15) is 32.4 Å². The molecule has 0 radical (unpaired) electrons. The van der Waals surface area contributed by atoms with Crippen LogP contribution in [0.2, 0.25) is 0 Å². The van der Waals surface area contributed by atoms with Gasteiger partial charge >= 0.3 is 0 Å². The van der Waals surface area contributed by atoms with Gasteiger partial charge in [0.05, 0.1) is 12.6 Å². The zero-order chi connectivity index (χ0) is 19.8. The van der Waals surface area contributed by atoms with Gasteiger partial charge in [-0.1, -0.05) is 19.9 Å². The summed E-state index contributed by atoms with van der Waals surface area (Å²) in [7, 11) is 1.82. The van der Waals surface area contributed by atoms with E-state index in [0.717, 1.165) is 44.6 Å². The van der Waals surface area contributed by atoms with Crippen molar-refractivity contribution in [3.8, 4) is 0 Å². The predicted molar refractivity (Wildman–Crippen MR) is 106 cm³/mol. The molecule has 1 saturated heterocycles. The van der Waals surface area contributed by atoms with Gasteiger partial charge in [0.2, 0.25) is 11.8 Å². The summed E-state index contributed by atoms with van der Waals surface area (Å²) in [6.07, 6.45) is 4.67. The van der Waals surface area contributed by atoms with E-state index in [0.29, 0.717) is 0 Å². The van der Waals surface area contributed by atoms with Crippen molar-refractivity contribution in [1.82, 2.24) is 20.1 Å². The van der Waals surface area contributed by atoms with Crippen LogP contribution in [-0.4, -0.2) is 71.9 Å². The minimum Gasteiger partial charge on any atom is -0.346 e. The monoisotopic (exact) mass is 375 g/mol. The first-order valence-electron chi connectivity index (χ1n) is 9.79. The van der Waals surface area contributed by atoms with Gasteiger partial charge in [-0.05, 0) is 30.9 Å². The molecule has 1 aliphatic heterocycles. The fourth-order valence-electron chi connectivity index (χ4n) is 3.26. The van der Waals surface area contributed by atoms with Crippen molar-refractivity contribution in [3.05, 3.63) is 30.1 Å². The van der Waals surface area contributed by atoms with Crippen LogP contribution >= 0.6 is 0 Å². The quantitative estimate of drug-likeness (QED) is 0.696.